The summed E-state index contributed by atoms with van der Waals surface area (Å²) in [6.07, 6.45) is 2.32. The van der Waals surface area contributed by atoms with E-state index in [0.717, 1.165) is 39.1 Å². The summed E-state index contributed by atoms with van der Waals surface area (Å²) in [5.74, 6) is 0. The van der Waals surface area contributed by atoms with E-state index in [1.165, 1.54) is 11.1 Å². The fourth-order valence-corrected chi connectivity index (χ4v) is 2.63. The van der Waals surface area contributed by atoms with Crippen LogP contribution in [0.2, 0.25) is 0 Å². The highest BCUT2D eigenvalue weighted by Crippen LogP contribution is 2.16. The van der Waals surface area contributed by atoms with Gasteiger partial charge in [0.2, 0.25) is 0 Å². The van der Waals surface area contributed by atoms with E-state index in [2.05, 4.69) is 55.4 Å². The molecule has 0 radical (unpaired) electrons. The molecule has 1 aromatic rings. The average molecular weight is 276 g/mol. The van der Waals surface area contributed by atoms with E-state index in [4.69, 9.17) is 4.74 Å². The Balaban J connectivity index is 1.83. The van der Waals surface area contributed by atoms with Gasteiger partial charge in [0, 0.05) is 38.4 Å². The van der Waals surface area contributed by atoms with Crippen LogP contribution in [-0.2, 0) is 17.8 Å². The molecule has 1 aliphatic rings. The van der Waals surface area contributed by atoms with Crippen LogP contribution in [-0.4, -0.2) is 37.2 Å². The Kier molecular flexibility index (Phi) is 6.02. The summed E-state index contributed by atoms with van der Waals surface area (Å²) in [5, 5.41) is 3.45. The Hall–Kier alpha value is -0.900. The van der Waals surface area contributed by atoms with Crippen molar-refractivity contribution >= 4 is 0 Å². The van der Waals surface area contributed by atoms with Crippen LogP contribution in [0.1, 0.15) is 37.8 Å². The molecule has 3 nitrogen and oxygen atoms in total. The minimum absolute atomic E-state index is 0.536. The molecule has 1 N–H and O–H groups in total. The summed E-state index contributed by atoms with van der Waals surface area (Å²) in [5.41, 5.74) is 2.75. The molecule has 0 aliphatic carbocycles. The Morgan fingerprint density at radius 1 is 1.15 bits per heavy atom. The highest BCUT2D eigenvalue weighted by molar-refractivity contribution is 5.22. The fraction of sp³-hybridized carbons (Fsp3) is 0.647. The molecular weight excluding hydrogens is 248 g/mol. The van der Waals surface area contributed by atoms with E-state index < -0.39 is 0 Å². The second-order valence-electron chi connectivity index (χ2n) is 6.11. The second-order valence-corrected chi connectivity index (χ2v) is 6.11. The summed E-state index contributed by atoms with van der Waals surface area (Å²) < 4.78 is 5.43. The maximum Gasteiger partial charge on any atom is 0.0480 e. The number of hydrogen-bond acceptors (Lipinski definition) is 3. The average Bonchev–Trinajstić information content (AvgIpc) is 2.47. The van der Waals surface area contributed by atoms with Gasteiger partial charge in [-0.2, -0.15) is 0 Å². The highest BCUT2D eigenvalue weighted by Gasteiger charge is 2.18. The second kappa shape index (κ2) is 7.77. The summed E-state index contributed by atoms with van der Waals surface area (Å²) in [7, 11) is 2.23. The standard InChI is InChI=1S/C17H28N2O/c1-14(2)18-12-15-4-6-16(7-5-15)13-19(3)17-8-10-20-11-9-17/h4-7,14,17-18H,8-13H2,1-3H3. The molecule has 0 spiro atoms. The van der Waals surface area contributed by atoms with Crippen LogP contribution in [0.4, 0.5) is 0 Å². The quantitative estimate of drug-likeness (QED) is 0.864. The summed E-state index contributed by atoms with van der Waals surface area (Å²) >= 11 is 0. The van der Waals surface area contributed by atoms with Gasteiger partial charge in [0.25, 0.3) is 0 Å². The molecule has 0 aromatic heterocycles. The minimum atomic E-state index is 0.536. The molecule has 0 amide bonds. The molecule has 3 heteroatoms. The molecule has 0 atom stereocenters. The Bertz CT molecular complexity index is 382. The molecule has 20 heavy (non-hydrogen) atoms. The predicted octanol–water partition coefficient (Wildman–Crippen LogP) is 2.80. The normalized spacial score (nSPS) is 17.1. The lowest BCUT2D eigenvalue weighted by molar-refractivity contribution is 0.0407. The SMILES string of the molecule is CC(C)NCc1ccc(CN(C)C2CCOCC2)cc1. The molecule has 1 aromatic carbocycles. The lowest BCUT2D eigenvalue weighted by Gasteiger charge is -2.31. The molecule has 2 rings (SSSR count). The first-order valence-corrected chi connectivity index (χ1v) is 7.74. The Morgan fingerprint density at radius 3 is 2.35 bits per heavy atom. The van der Waals surface area contributed by atoms with Gasteiger partial charge in [-0.1, -0.05) is 38.1 Å². The zero-order chi connectivity index (χ0) is 14.4. The first kappa shape index (κ1) is 15.5. The van der Waals surface area contributed by atoms with Gasteiger partial charge in [-0.05, 0) is 31.0 Å². The third-order valence-corrected chi connectivity index (χ3v) is 3.98. The predicted molar refractivity (Wildman–Crippen MR) is 83.7 cm³/mol. The largest absolute Gasteiger partial charge is 0.381 e. The van der Waals surface area contributed by atoms with Crippen LogP contribution in [0.25, 0.3) is 0 Å². The fourth-order valence-electron chi connectivity index (χ4n) is 2.63. The van der Waals surface area contributed by atoms with Gasteiger partial charge in [0.15, 0.2) is 0 Å². The van der Waals surface area contributed by atoms with Crippen molar-refractivity contribution < 1.29 is 4.74 Å². The van der Waals surface area contributed by atoms with E-state index in [9.17, 15) is 0 Å². The molecule has 1 aliphatic heterocycles. The number of rotatable bonds is 6. The van der Waals surface area contributed by atoms with E-state index in [1.807, 2.05) is 0 Å². The minimum Gasteiger partial charge on any atom is -0.381 e. The zero-order valence-corrected chi connectivity index (χ0v) is 13.1. The van der Waals surface area contributed by atoms with Crippen molar-refractivity contribution in [2.75, 3.05) is 20.3 Å². The van der Waals surface area contributed by atoms with Gasteiger partial charge in [0.05, 0.1) is 0 Å². The van der Waals surface area contributed by atoms with Crippen molar-refractivity contribution in [2.24, 2.45) is 0 Å². The molecule has 1 saturated heterocycles. The van der Waals surface area contributed by atoms with Crippen LogP contribution in [0.3, 0.4) is 0 Å². The molecule has 0 bridgehead atoms. The van der Waals surface area contributed by atoms with Crippen LogP contribution in [0.5, 0.6) is 0 Å². The van der Waals surface area contributed by atoms with Crippen LogP contribution < -0.4 is 5.32 Å². The van der Waals surface area contributed by atoms with Gasteiger partial charge in [-0.25, -0.2) is 0 Å². The molecule has 1 fully saturated rings. The number of hydrogen-bond donors (Lipinski definition) is 1. The lowest BCUT2D eigenvalue weighted by atomic mass is 10.1. The maximum absolute atomic E-state index is 5.43. The van der Waals surface area contributed by atoms with Crippen molar-refractivity contribution in [1.82, 2.24) is 10.2 Å². The number of nitrogens with one attached hydrogen (secondary N) is 1. The van der Waals surface area contributed by atoms with Crippen molar-refractivity contribution in [3.05, 3.63) is 35.4 Å². The summed E-state index contributed by atoms with van der Waals surface area (Å²) in [4.78, 5) is 2.46. The zero-order valence-electron chi connectivity index (χ0n) is 13.1. The monoisotopic (exact) mass is 276 g/mol. The first-order valence-electron chi connectivity index (χ1n) is 7.74. The van der Waals surface area contributed by atoms with Crippen molar-refractivity contribution in [1.29, 1.82) is 0 Å². The Morgan fingerprint density at radius 2 is 1.75 bits per heavy atom. The van der Waals surface area contributed by atoms with E-state index >= 15 is 0 Å². The Labute approximate surface area is 123 Å². The summed E-state index contributed by atoms with van der Waals surface area (Å²) in [6.45, 7) is 8.16. The van der Waals surface area contributed by atoms with Crippen molar-refractivity contribution in [3.8, 4) is 0 Å². The van der Waals surface area contributed by atoms with Crippen LogP contribution in [0, 0.1) is 0 Å². The molecule has 1 heterocycles. The van der Waals surface area contributed by atoms with Crippen LogP contribution in [0.15, 0.2) is 24.3 Å². The van der Waals surface area contributed by atoms with Gasteiger partial charge in [-0.15, -0.1) is 0 Å². The van der Waals surface area contributed by atoms with Gasteiger partial charge in [-0.3, -0.25) is 4.90 Å². The third-order valence-electron chi connectivity index (χ3n) is 3.98. The third kappa shape index (κ3) is 4.89. The number of benzene rings is 1. The van der Waals surface area contributed by atoms with Gasteiger partial charge >= 0.3 is 0 Å². The molecular formula is C17H28N2O. The molecule has 0 unspecified atom stereocenters. The smallest absolute Gasteiger partial charge is 0.0480 e. The van der Waals surface area contributed by atoms with Gasteiger partial charge < -0.3 is 10.1 Å². The van der Waals surface area contributed by atoms with Crippen LogP contribution >= 0.6 is 0 Å². The van der Waals surface area contributed by atoms with E-state index in [1.54, 1.807) is 0 Å². The van der Waals surface area contributed by atoms with E-state index in [-0.39, 0.29) is 0 Å². The number of nitrogens with zero attached hydrogens (tertiary/aromatic N) is 1. The van der Waals surface area contributed by atoms with E-state index in [0.29, 0.717) is 12.1 Å². The maximum atomic E-state index is 5.43. The lowest BCUT2D eigenvalue weighted by Crippen LogP contribution is -2.36. The highest BCUT2D eigenvalue weighted by atomic mass is 16.5. The topological polar surface area (TPSA) is 24.5 Å². The summed E-state index contributed by atoms with van der Waals surface area (Å²) in [6, 6.07) is 10.2. The first-order chi connectivity index (χ1) is 9.65. The molecule has 112 valence electrons. The number of ether oxygens (including phenoxy) is 1. The van der Waals surface area contributed by atoms with Gasteiger partial charge in [0.1, 0.15) is 0 Å². The molecule has 0 saturated carbocycles. The van der Waals surface area contributed by atoms with Crippen molar-refractivity contribution in [3.63, 3.8) is 0 Å². The van der Waals surface area contributed by atoms with Crippen molar-refractivity contribution in [2.45, 2.75) is 51.9 Å².